The number of hydrogen-bond acceptors (Lipinski definition) is 1. The average molecular weight is 373 g/mol. The van der Waals surface area contributed by atoms with E-state index in [0.717, 1.165) is 10.0 Å². The quantitative estimate of drug-likeness (QED) is 0.739. The van der Waals surface area contributed by atoms with Gasteiger partial charge in [0.15, 0.2) is 0 Å². The Bertz CT molecular complexity index is 646. The van der Waals surface area contributed by atoms with Gasteiger partial charge in [0.25, 0.3) is 5.91 Å². The third kappa shape index (κ3) is 3.75. The molecule has 0 unspecified atom stereocenters. The van der Waals surface area contributed by atoms with E-state index in [1.165, 1.54) is 0 Å². The van der Waals surface area contributed by atoms with Crippen LogP contribution in [0.1, 0.15) is 15.9 Å². The largest absolute Gasteiger partial charge is 0.337 e. The van der Waals surface area contributed by atoms with E-state index in [1.54, 1.807) is 36.2 Å². The summed E-state index contributed by atoms with van der Waals surface area (Å²) in [5.74, 6) is -0.0978. The minimum absolute atomic E-state index is 0.0978. The van der Waals surface area contributed by atoms with Gasteiger partial charge in [0.1, 0.15) is 0 Å². The van der Waals surface area contributed by atoms with E-state index in [4.69, 9.17) is 23.2 Å². The summed E-state index contributed by atoms with van der Waals surface area (Å²) in [5.41, 5.74) is 1.52. The van der Waals surface area contributed by atoms with Crippen molar-refractivity contribution in [3.63, 3.8) is 0 Å². The summed E-state index contributed by atoms with van der Waals surface area (Å²) < 4.78 is 0.727. The van der Waals surface area contributed by atoms with Crippen LogP contribution in [0.2, 0.25) is 10.0 Å². The Morgan fingerprint density at radius 2 is 1.85 bits per heavy atom. The number of carbonyl (C=O) groups is 1. The van der Waals surface area contributed by atoms with E-state index >= 15 is 0 Å². The van der Waals surface area contributed by atoms with Gasteiger partial charge in [-0.25, -0.2) is 0 Å². The molecular weight excluding hydrogens is 361 g/mol. The molecule has 0 aliphatic heterocycles. The minimum Gasteiger partial charge on any atom is -0.337 e. The first-order valence-electron chi connectivity index (χ1n) is 5.92. The first-order valence-corrected chi connectivity index (χ1v) is 7.47. The highest BCUT2D eigenvalue weighted by Crippen LogP contribution is 2.23. The van der Waals surface area contributed by atoms with Gasteiger partial charge in [-0.05, 0) is 51.8 Å². The van der Waals surface area contributed by atoms with Gasteiger partial charge in [-0.3, -0.25) is 4.79 Å². The van der Waals surface area contributed by atoms with E-state index in [2.05, 4.69) is 15.9 Å². The van der Waals surface area contributed by atoms with Crippen molar-refractivity contribution in [2.24, 2.45) is 0 Å². The van der Waals surface area contributed by atoms with Crippen LogP contribution in [0.15, 0.2) is 46.9 Å². The van der Waals surface area contributed by atoms with Crippen LogP contribution in [0.3, 0.4) is 0 Å². The molecule has 2 aromatic carbocycles. The molecule has 2 aromatic rings. The molecule has 2 nitrogen and oxygen atoms in total. The van der Waals surface area contributed by atoms with Crippen molar-refractivity contribution in [1.29, 1.82) is 0 Å². The summed E-state index contributed by atoms with van der Waals surface area (Å²) in [7, 11) is 1.75. The van der Waals surface area contributed by atoms with Gasteiger partial charge < -0.3 is 4.90 Å². The molecule has 0 saturated carbocycles. The van der Waals surface area contributed by atoms with Gasteiger partial charge in [0.05, 0.1) is 5.56 Å². The second-order valence-corrected chi connectivity index (χ2v) is 6.14. The molecule has 0 atom stereocenters. The van der Waals surface area contributed by atoms with E-state index in [1.807, 2.05) is 18.2 Å². The Kier molecular flexibility index (Phi) is 5.08. The zero-order valence-corrected chi connectivity index (χ0v) is 13.8. The molecule has 0 radical (unpaired) electrons. The SMILES string of the molecule is CN(Cc1cccc(Cl)c1)C(=O)c1cc(Cl)ccc1Br. The van der Waals surface area contributed by atoms with Gasteiger partial charge in [0.2, 0.25) is 0 Å². The van der Waals surface area contributed by atoms with Crippen molar-refractivity contribution in [1.82, 2.24) is 4.90 Å². The summed E-state index contributed by atoms with van der Waals surface area (Å²) >= 11 is 15.2. The standard InChI is InChI=1S/C15H12BrCl2NO/c1-19(9-10-3-2-4-11(17)7-10)15(20)13-8-12(18)5-6-14(13)16/h2-8H,9H2,1H3. The fraction of sp³-hybridized carbons (Fsp3) is 0.133. The molecule has 20 heavy (non-hydrogen) atoms. The summed E-state index contributed by atoms with van der Waals surface area (Å²) in [4.78, 5) is 14.0. The topological polar surface area (TPSA) is 20.3 Å². The molecule has 0 bridgehead atoms. The maximum Gasteiger partial charge on any atom is 0.255 e. The number of amides is 1. The Labute approximate surface area is 136 Å². The molecule has 0 spiro atoms. The molecular formula is C15H12BrCl2NO. The maximum atomic E-state index is 12.4. The Morgan fingerprint density at radius 3 is 2.55 bits per heavy atom. The van der Waals surface area contributed by atoms with Crippen molar-refractivity contribution < 1.29 is 4.79 Å². The molecule has 0 aliphatic rings. The molecule has 0 aliphatic carbocycles. The van der Waals surface area contributed by atoms with Crippen LogP contribution in [-0.4, -0.2) is 17.9 Å². The molecule has 1 amide bonds. The zero-order chi connectivity index (χ0) is 14.7. The lowest BCUT2D eigenvalue weighted by Gasteiger charge is -2.18. The van der Waals surface area contributed by atoms with Crippen LogP contribution in [0.4, 0.5) is 0 Å². The summed E-state index contributed by atoms with van der Waals surface area (Å²) in [6.07, 6.45) is 0. The molecule has 5 heteroatoms. The second kappa shape index (κ2) is 6.61. The van der Waals surface area contributed by atoms with Crippen LogP contribution in [0.25, 0.3) is 0 Å². The number of nitrogens with zero attached hydrogens (tertiary/aromatic N) is 1. The minimum atomic E-state index is -0.0978. The van der Waals surface area contributed by atoms with Crippen LogP contribution < -0.4 is 0 Å². The highest BCUT2D eigenvalue weighted by Gasteiger charge is 2.15. The van der Waals surface area contributed by atoms with Crippen molar-refractivity contribution in [3.8, 4) is 0 Å². The van der Waals surface area contributed by atoms with Gasteiger partial charge in [-0.15, -0.1) is 0 Å². The first kappa shape index (κ1) is 15.4. The van der Waals surface area contributed by atoms with Crippen LogP contribution in [0.5, 0.6) is 0 Å². The monoisotopic (exact) mass is 371 g/mol. The zero-order valence-electron chi connectivity index (χ0n) is 10.7. The molecule has 0 saturated heterocycles. The predicted octanol–water partition coefficient (Wildman–Crippen LogP) is 5.03. The lowest BCUT2D eigenvalue weighted by atomic mass is 10.1. The number of hydrogen-bond donors (Lipinski definition) is 0. The Morgan fingerprint density at radius 1 is 1.15 bits per heavy atom. The van der Waals surface area contributed by atoms with Crippen molar-refractivity contribution in [2.75, 3.05) is 7.05 Å². The maximum absolute atomic E-state index is 12.4. The molecule has 0 heterocycles. The Hall–Kier alpha value is -1.03. The second-order valence-electron chi connectivity index (χ2n) is 4.42. The lowest BCUT2D eigenvalue weighted by Crippen LogP contribution is -2.26. The number of benzene rings is 2. The Balaban J connectivity index is 2.18. The molecule has 0 aromatic heterocycles. The first-order chi connectivity index (χ1) is 9.47. The number of carbonyl (C=O) groups excluding carboxylic acids is 1. The van der Waals surface area contributed by atoms with Gasteiger partial charge in [0, 0.05) is 28.1 Å². The van der Waals surface area contributed by atoms with Crippen LogP contribution in [0, 0.1) is 0 Å². The smallest absolute Gasteiger partial charge is 0.255 e. The third-order valence-electron chi connectivity index (χ3n) is 2.81. The average Bonchev–Trinajstić information content (AvgIpc) is 2.40. The predicted molar refractivity (Wildman–Crippen MR) is 86.4 cm³/mol. The van der Waals surface area contributed by atoms with Crippen LogP contribution >= 0.6 is 39.1 Å². The summed E-state index contributed by atoms with van der Waals surface area (Å²) in [5, 5.41) is 1.19. The number of rotatable bonds is 3. The molecule has 104 valence electrons. The summed E-state index contributed by atoms with van der Waals surface area (Å²) in [6, 6.07) is 12.6. The van der Waals surface area contributed by atoms with Crippen molar-refractivity contribution in [3.05, 3.63) is 68.1 Å². The van der Waals surface area contributed by atoms with E-state index in [0.29, 0.717) is 22.2 Å². The molecule has 2 rings (SSSR count). The van der Waals surface area contributed by atoms with E-state index < -0.39 is 0 Å². The number of halogens is 3. The fourth-order valence-electron chi connectivity index (χ4n) is 1.85. The van der Waals surface area contributed by atoms with Crippen molar-refractivity contribution >= 4 is 45.0 Å². The normalized spacial score (nSPS) is 10.4. The molecule has 0 fully saturated rings. The van der Waals surface area contributed by atoms with Crippen LogP contribution in [-0.2, 0) is 6.54 Å². The highest BCUT2D eigenvalue weighted by molar-refractivity contribution is 9.10. The van der Waals surface area contributed by atoms with Gasteiger partial charge >= 0.3 is 0 Å². The highest BCUT2D eigenvalue weighted by atomic mass is 79.9. The van der Waals surface area contributed by atoms with Crippen molar-refractivity contribution in [2.45, 2.75) is 6.54 Å². The van der Waals surface area contributed by atoms with Gasteiger partial charge in [-0.2, -0.15) is 0 Å². The molecule has 0 N–H and O–H groups in total. The van der Waals surface area contributed by atoms with E-state index in [9.17, 15) is 4.79 Å². The van der Waals surface area contributed by atoms with E-state index in [-0.39, 0.29) is 5.91 Å². The lowest BCUT2D eigenvalue weighted by molar-refractivity contribution is 0.0784. The van der Waals surface area contributed by atoms with Gasteiger partial charge in [-0.1, -0.05) is 35.3 Å². The fourth-order valence-corrected chi connectivity index (χ4v) is 2.65. The third-order valence-corrected chi connectivity index (χ3v) is 3.98. The summed E-state index contributed by atoms with van der Waals surface area (Å²) in [6.45, 7) is 0.484.